The van der Waals surface area contributed by atoms with E-state index in [1.807, 2.05) is 0 Å². The first-order chi connectivity index (χ1) is 8.09. The summed E-state index contributed by atoms with van der Waals surface area (Å²) in [7, 11) is 0. The quantitative estimate of drug-likeness (QED) is 0.686. The van der Waals surface area contributed by atoms with Gasteiger partial charge in [0.25, 0.3) is 0 Å². The van der Waals surface area contributed by atoms with E-state index in [1.165, 1.54) is 18.4 Å². The first-order valence-electron chi connectivity index (χ1n) is 6.72. The highest BCUT2D eigenvalue weighted by Crippen LogP contribution is 2.59. The maximum absolute atomic E-state index is 9.03. The molecule has 0 aromatic heterocycles. The second kappa shape index (κ2) is 5.09. The Morgan fingerprint density at radius 3 is 2.41 bits per heavy atom. The van der Waals surface area contributed by atoms with Gasteiger partial charge in [0.05, 0.1) is 13.2 Å². The first-order valence-corrected chi connectivity index (χ1v) is 6.72. The smallest absolute Gasteiger partial charge is 0.0558 e. The van der Waals surface area contributed by atoms with Crippen molar-refractivity contribution in [3.8, 4) is 0 Å². The molecule has 0 amide bonds. The van der Waals surface area contributed by atoms with Gasteiger partial charge in [-0.05, 0) is 30.1 Å². The summed E-state index contributed by atoms with van der Waals surface area (Å²) in [5, 5.41) is 18.1. The molecule has 3 aliphatic carbocycles. The van der Waals surface area contributed by atoms with Crippen molar-refractivity contribution >= 4 is 0 Å². The monoisotopic (exact) mass is 239 g/mol. The molecule has 3 rings (SSSR count). The molecule has 2 atom stereocenters. The summed E-state index contributed by atoms with van der Waals surface area (Å²) in [6.07, 6.45) is 4.95. The number of allylic oxidation sites excluding steroid dienone is 1. The zero-order chi connectivity index (χ0) is 12.5. The van der Waals surface area contributed by atoms with Crippen LogP contribution in [0.1, 0.15) is 26.7 Å². The van der Waals surface area contributed by atoms with Gasteiger partial charge in [0, 0.05) is 19.6 Å². The third-order valence-corrected chi connectivity index (χ3v) is 4.82. The van der Waals surface area contributed by atoms with E-state index in [0.29, 0.717) is 18.5 Å². The van der Waals surface area contributed by atoms with Crippen LogP contribution >= 0.6 is 0 Å². The molecule has 98 valence electrons. The molecular formula is C14H25NO2. The molecule has 0 unspecified atom stereocenters. The molecule has 3 aliphatic rings. The van der Waals surface area contributed by atoms with Crippen LogP contribution in [0.25, 0.3) is 0 Å². The lowest BCUT2D eigenvalue weighted by Crippen LogP contribution is -2.50. The van der Waals surface area contributed by atoms with Crippen LogP contribution in [0.5, 0.6) is 0 Å². The van der Waals surface area contributed by atoms with Crippen molar-refractivity contribution in [2.75, 3.05) is 32.8 Å². The molecule has 2 bridgehead atoms. The van der Waals surface area contributed by atoms with Crippen molar-refractivity contribution in [3.63, 3.8) is 0 Å². The lowest BCUT2D eigenvalue weighted by atomic mass is 9.49. The fraction of sp³-hybridized carbons (Fsp3) is 0.857. The number of hydrogen-bond donors (Lipinski definition) is 2. The Morgan fingerprint density at radius 2 is 1.94 bits per heavy atom. The number of rotatable bonds is 6. The molecule has 0 aromatic carbocycles. The van der Waals surface area contributed by atoms with E-state index < -0.39 is 0 Å². The second-order valence-electron chi connectivity index (χ2n) is 6.04. The van der Waals surface area contributed by atoms with E-state index in [4.69, 9.17) is 10.2 Å². The fourth-order valence-corrected chi connectivity index (χ4v) is 3.47. The third-order valence-electron chi connectivity index (χ3n) is 4.82. The highest BCUT2D eigenvalue weighted by Gasteiger charge is 2.51. The van der Waals surface area contributed by atoms with Gasteiger partial charge >= 0.3 is 0 Å². The molecule has 0 aliphatic heterocycles. The highest BCUT2D eigenvalue weighted by molar-refractivity contribution is 5.24. The van der Waals surface area contributed by atoms with Crippen LogP contribution in [0.15, 0.2) is 11.6 Å². The Bertz CT molecular complexity index is 293. The Labute approximate surface area is 104 Å². The van der Waals surface area contributed by atoms with Crippen LogP contribution in [0.2, 0.25) is 0 Å². The molecule has 0 spiro atoms. The maximum atomic E-state index is 9.03. The predicted molar refractivity (Wildman–Crippen MR) is 68.7 cm³/mol. The molecule has 3 heteroatoms. The zero-order valence-electron chi connectivity index (χ0n) is 11.0. The average molecular weight is 239 g/mol. The van der Waals surface area contributed by atoms with Crippen LogP contribution in [0.3, 0.4) is 0 Å². The molecule has 0 saturated heterocycles. The molecule has 1 fully saturated rings. The highest BCUT2D eigenvalue weighted by atomic mass is 16.3. The van der Waals surface area contributed by atoms with Gasteiger partial charge in [0.2, 0.25) is 0 Å². The molecule has 2 N–H and O–H groups in total. The summed E-state index contributed by atoms with van der Waals surface area (Å²) in [4.78, 5) is 2.15. The minimum atomic E-state index is 0.171. The van der Waals surface area contributed by atoms with Crippen molar-refractivity contribution in [2.45, 2.75) is 26.7 Å². The lowest BCUT2D eigenvalue weighted by molar-refractivity contribution is -0.0113. The Morgan fingerprint density at radius 1 is 1.29 bits per heavy atom. The number of aliphatic hydroxyl groups excluding tert-OH is 2. The zero-order valence-corrected chi connectivity index (χ0v) is 11.0. The van der Waals surface area contributed by atoms with Gasteiger partial charge in [-0.2, -0.15) is 0 Å². The number of aliphatic hydroxyl groups is 2. The summed E-state index contributed by atoms with van der Waals surface area (Å²) in [6.45, 7) is 7.33. The van der Waals surface area contributed by atoms with Crippen LogP contribution in [0.4, 0.5) is 0 Å². The minimum Gasteiger partial charge on any atom is -0.395 e. The predicted octanol–water partition coefficient (Wildman–Crippen LogP) is 1.27. The van der Waals surface area contributed by atoms with E-state index in [-0.39, 0.29) is 13.2 Å². The molecule has 1 saturated carbocycles. The van der Waals surface area contributed by atoms with Crippen LogP contribution in [-0.2, 0) is 0 Å². The molecule has 0 heterocycles. The van der Waals surface area contributed by atoms with E-state index in [2.05, 4.69) is 24.8 Å². The Balaban J connectivity index is 1.96. The van der Waals surface area contributed by atoms with Crippen molar-refractivity contribution in [1.29, 1.82) is 0 Å². The van der Waals surface area contributed by atoms with Gasteiger partial charge in [-0.25, -0.2) is 0 Å². The summed E-state index contributed by atoms with van der Waals surface area (Å²) in [5.74, 6) is 1.60. The van der Waals surface area contributed by atoms with Crippen molar-refractivity contribution < 1.29 is 10.2 Å². The van der Waals surface area contributed by atoms with E-state index >= 15 is 0 Å². The van der Waals surface area contributed by atoms with Crippen molar-refractivity contribution in [3.05, 3.63) is 11.6 Å². The molecular weight excluding hydrogens is 214 g/mol. The minimum absolute atomic E-state index is 0.171. The molecule has 3 nitrogen and oxygen atoms in total. The average Bonchev–Trinajstić information content (AvgIpc) is 2.29. The van der Waals surface area contributed by atoms with Crippen LogP contribution < -0.4 is 0 Å². The summed E-state index contributed by atoms with van der Waals surface area (Å²) in [6, 6.07) is 0. The van der Waals surface area contributed by atoms with Gasteiger partial charge in [-0.3, -0.25) is 4.90 Å². The normalized spacial score (nSPS) is 30.1. The maximum Gasteiger partial charge on any atom is 0.0558 e. The molecule has 0 aromatic rings. The van der Waals surface area contributed by atoms with Gasteiger partial charge in [-0.15, -0.1) is 0 Å². The summed E-state index contributed by atoms with van der Waals surface area (Å²) in [5.41, 5.74) is 1.99. The van der Waals surface area contributed by atoms with Gasteiger partial charge in [0.15, 0.2) is 0 Å². The Hall–Kier alpha value is -0.380. The SMILES string of the molecule is CC1(C)[C@H]2CC=C(CN(CCO)CCO)[C@H]1C2. The third kappa shape index (κ3) is 2.42. The summed E-state index contributed by atoms with van der Waals surface area (Å²) >= 11 is 0. The summed E-state index contributed by atoms with van der Waals surface area (Å²) < 4.78 is 0. The van der Waals surface area contributed by atoms with E-state index in [1.54, 1.807) is 0 Å². The van der Waals surface area contributed by atoms with Crippen molar-refractivity contribution in [1.82, 2.24) is 4.90 Å². The fourth-order valence-electron chi connectivity index (χ4n) is 3.47. The Kier molecular flexibility index (Phi) is 3.91. The van der Waals surface area contributed by atoms with E-state index in [9.17, 15) is 0 Å². The number of hydrogen-bond acceptors (Lipinski definition) is 3. The molecule has 17 heavy (non-hydrogen) atoms. The number of fused-ring (bicyclic) bond motifs is 1. The topological polar surface area (TPSA) is 43.7 Å². The van der Waals surface area contributed by atoms with E-state index in [0.717, 1.165) is 18.4 Å². The standard InChI is InChI=1S/C14H25NO2/c1-14(2)12-4-3-11(13(14)9-12)10-15(5-7-16)6-8-17/h3,12-13,16-17H,4-10H2,1-2H3/t12-,13+/m0/s1. The molecule has 0 radical (unpaired) electrons. The van der Waals surface area contributed by atoms with Crippen LogP contribution in [0, 0.1) is 17.3 Å². The van der Waals surface area contributed by atoms with Crippen molar-refractivity contribution in [2.24, 2.45) is 17.3 Å². The van der Waals surface area contributed by atoms with Gasteiger partial charge < -0.3 is 10.2 Å². The first kappa shape index (κ1) is 13.1. The van der Waals surface area contributed by atoms with Crippen LogP contribution in [-0.4, -0.2) is 48.0 Å². The second-order valence-corrected chi connectivity index (χ2v) is 6.04. The lowest BCUT2D eigenvalue weighted by Gasteiger charge is -2.57. The van der Waals surface area contributed by atoms with Gasteiger partial charge in [0.1, 0.15) is 0 Å². The van der Waals surface area contributed by atoms with Gasteiger partial charge in [-0.1, -0.05) is 25.5 Å². The largest absolute Gasteiger partial charge is 0.395 e. The number of nitrogens with zero attached hydrogens (tertiary/aromatic N) is 1.